The van der Waals surface area contributed by atoms with Gasteiger partial charge in [-0.05, 0) is 55.9 Å². The van der Waals surface area contributed by atoms with Crippen LogP contribution in [0.3, 0.4) is 0 Å². The Morgan fingerprint density at radius 3 is 2.57 bits per heavy atom. The molecule has 0 aliphatic carbocycles. The van der Waals surface area contributed by atoms with E-state index in [0.717, 1.165) is 32.1 Å². The van der Waals surface area contributed by atoms with Crippen LogP contribution in [0.1, 0.15) is 56.9 Å². The van der Waals surface area contributed by atoms with Crippen LogP contribution in [0.2, 0.25) is 0 Å². The normalized spacial score (nSPS) is 28.9. The molecule has 2 N–H and O–H groups in total. The lowest BCUT2D eigenvalue weighted by atomic mass is 9.74. The predicted molar refractivity (Wildman–Crippen MR) is 110 cm³/mol. The van der Waals surface area contributed by atoms with E-state index in [1.807, 2.05) is 24.3 Å². The van der Waals surface area contributed by atoms with Gasteiger partial charge >= 0.3 is 5.97 Å². The number of carbonyl (C=O) groups is 1. The van der Waals surface area contributed by atoms with E-state index in [2.05, 4.69) is 25.1 Å². The Morgan fingerprint density at radius 1 is 1.14 bits per heavy atom. The average Bonchev–Trinajstić information content (AvgIpc) is 3.30. The van der Waals surface area contributed by atoms with E-state index < -0.39 is 5.97 Å². The third kappa shape index (κ3) is 5.33. The van der Waals surface area contributed by atoms with Crippen LogP contribution in [0, 0.1) is 11.8 Å². The molecule has 2 saturated heterocycles. The van der Waals surface area contributed by atoms with Crippen LogP contribution in [0.4, 0.5) is 0 Å². The molecular weight excluding hydrogens is 352 g/mol. The summed E-state index contributed by atoms with van der Waals surface area (Å²) in [6, 6.07) is 10.2. The molecular formula is C24H32O4. The maximum atomic E-state index is 10.7. The lowest BCUT2D eigenvalue weighted by Gasteiger charge is -2.29. The van der Waals surface area contributed by atoms with Gasteiger partial charge in [-0.2, -0.15) is 0 Å². The molecule has 2 unspecified atom stereocenters. The number of rotatable bonds is 10. The quantitative estimate of drug-likeness (QED) is 0.453. The molecule has 1 aromatic rings. The van der Waals surface area contributed by atoms with Crippen molar-refractivity contribution in [1.82, 2.24) is 0 Å². The van der Waals surface area contributed by atoms with Crippen molar-refractivity contribution in [3.8, 4) is 0 Å². The number of carboxylic acid groups (broad SMARTS) is 1. The average molecular weight is 385 g/mol. The summed E-state index contributed by atoms with van der Waals surface area (Å²) in [5, 5.41) is 19.3. The topological polar surface area (TPSA) is 66.8 Å². The van der Waals surface area contributed by atoms with E-state index in [0.29, 0.717) is 30.5 Å². The van der Waals surface area contributed by atoms with Gasteiger partial charge in [-0.25, -0.2) is 4.79 Å². The molecule has 0 spiro atoms. The number of carboxylic acids is 1. The van der Waals surface area contributed by atoms with Gasteiger partial charge in [0.25, 0.3) is 0 Å². The van der Waals surface area contributed by atoms with Gasteiger partial charge in [0.05, 0.1) is 18.3 Å². The first-order valence-electron chi connectivity index (χ1n) is 10.5. The fourth-order valence-electron chi connectivity index (χ4n) is 4.79. The second kappa shape index (κ2) is 10.0. The zero-order valence-corrected chi connectivity index (χ0v) is 16.6. The largest absolute Gasteiger partial charge is 0.478 e. The summed E-state index contributed by atoms with van der Waals surface area (Å²) in [7, 11) is 0. The number of aliphatic hydroxyl groups is 1. The second-order valence-electron chi connectivity index (χ2n) is 8.15. The van der Waals surface area contributed by atoms with E-state index in [-0.39, 0.29) is 12.0 Å². The van der Waals surface area contributed by atoms with Crippen molar-refractivity contribution in [3.63, 3.8) is 0 Å². The number of ether oxygens (including phenoxy) is 1. The van der Waals surface area contributed by atoms with Crippen molar-refractivity contribution < 1.29 is 19.7 Å². The molecule has 3 rings (SSSR count). The van der Waals surface area contributed by atoms with E-state index in [4.69, 9.17) is 9.84 Å². The SMILES string of the molecule is CC(c1ccccc1)C(O)CC[C@@H]1[C@H](C/C=C\C/C=C/C(=O)O)[C@@H]2CC[C@H]1O2. The van der Waals surface area contributed by atoms with E-state index in [1.54, 1.807) is 6.08 Å². The predicted octanol–water partition coefficient (Wildman–Crippen LogP) is 4.70. The summed E-state index contributed by atoms with van der Waals surface area (Å²) in [5.74, 6) is 0.256. The van der Waals surface area contributed by atoms with Gasteiger partial charge < -0.3 is 14.9 Å². The maximum Gasteiger partial charge on any atom is 0.327 e. The molecule has 2 bridgehead atoms. The van der Waals surface area contributed by atoms with Gasteiger partial charge in [-0.1, -0.05) is 55.5 Å². The lowest BCUT2D eigenvalue weighted by Crippen LogP contribution is -2.28. The Hall–Kier alpha value is -1.91. The first kappa shape index (κ1) is 20.8. The van der Waals surface area contributed by atoms with Crippen LogP contribution in [-0.4, -0.2) is 34.5 Å². The molecule has 4 nitrogen and oxygen atoms in total. The number of aliphatic hydroxyl groups excluding tert-OH is 1. The number of fused-ring (bicyclic) bond motifs is 2. The summed E-state index contributed by atoms with van der Waals surface area (Å²) in [4.78, 5) is 10.5. The van der Waals surface area contributed by atoms with Gasteiger partial charge in [0.15, 0.2) is 0 Å². The fourth-order valence-corrected chi connectivity index (χ4v) is 4.79. The van der Waals surface area contributed by atoms with Crippen LogP contribution in [0.25, 0.3) is 0 Å². The van der Waals surface area contributed by atoms with Gasteiger partial charge in [0.1, 0.15) is 0 Å². The van der Waals surface area contributed by atoms with E-state index in [1.165, 1.54) is 11.6 Å². The summed E-state index contributed by atoms with van der Waals surface area (Å²) >= 11 is 0. The third-order valence-corrected chi connectivity index (χ3v) is 6.40. The molecule has 152 valence electrons. The van der Waals surface area contributed by atoms with Crippen molar-refractivity contribution in [2.24, 2.45) is 11.8 Å². The van der Waals surface area contributed by atoms with Gasteiger partial charge in [-0.3, -0.25) is 0 Å². The number of hydrogen-bond acceptors (Lipinski definition) is 3. The minimum absolute atomic E-state index is 0.139. The highest BCUT2D eigenvalue weighted by molar-refractivity contribution is 5.79. The highest BCUT2D eigenvalue weighted by atomic mass is 16.5. The third-order valence-electron chi connectivity index (χ3n) is 6.40. The Balaban J connectivity index is 1.50. The molecule has 0 radical (unpaired) electrons. The standard InChI is InChI=1S/C24H32O4/c1-17(18-9-5-4-6-10-18)21(25)14-13-20-19(22-15-16-23(20)28-22)11-7-2-3-8-12-24(26)27/h2,4-10,12,17,19-23,25H,3,11,13-16H2,1H3,(H,26,27)/b7-2-,12-8+/t17?,19-,20+,21?,22-,23+/m0/s1. The number of allylic oxidation sites excluding steroid dienone is 3. The molecule has 0 saturated carbocycles. The van der Waals surface area contributed by atoms with Crippen molar-refractivity contribution in [1.29, 1.82) is 0 Å². The summed E-state index contributed by atoms with van der Waals surface area (Å²) in [5.41, 5.74) is 1.19. The highest BCUT2D eigenvalue weighted by Crippen LogP contribution is 2.47. The first-order valence-corrected chi connectivity index (χ1v) is 10.5. The monoisotopic (exact) mass is 384 g/mol. The van der Waals surface area contributed by atoms with Crippen molar-refractivity contribution in [3.05, 3.63) is 60.2 Å². The second-order valence-corrected chi connectivity index (χ2v) is 8.15. The Morgan fingerprint density at radius 2 is 1.86 bits per heavy atom. The van der Waals surface area contributed by atoms with Gasteiger partial charge in [0, 0.05) is 12.0 Å². The molecule has 0 amide bonds. The van der Waals surface area contributed by atoms with E-state index in [9.17, 15) is 9.90 Å². The zero-order valence-electron chi connectivity index (χ0n) is 16.6. The molecule has 2 fully saturated rings. The van der Waals surface area contributed by atoms with Crippen molar-refractivity contribution >= 4 is 5.97 Å². The van der Waals surface area contributed by atoms with Gasteiger partial charge in [-0.15, -0.1) is 0 Å². The van der Waals surface area contributed by atoms with Gasteiger partial charge in [0.2, 0.25) is 0 Å². The van der Waals surface area contributed by atoms with Crippen LogP contribution in [0.15, 0.2) is 54.6 Å². The highest BCUT2D eigenvalue weighted by Gasteiger charge is 2.47. The van der Waals surface area contributed by atoms with Crippen LogP contribution >= 0.6 is 0 Å². The minimum atomic E-state index is -0.904. The summed E-state index contributed by atoms with van der Waals surface area (Å²) < 4.78 is 6.18. The zero-order chi connectivity index (χ0) is 19.9. The molecule has 2 aliphatic heterocycles. The molecule has 28 heavy (non-hydrogen) atoms. The maximum absolute atomic E-state index is 10.7. The molecule has 4 heteroatoms. The smallest absolute Gasteiger partial charge is 0.327 e. The summed E-state index contributed by atoms with van der Waals surface area (Å²) in [6.45, 7) is 2.10. The fraction of sp³-hybridized carbons (Fsp3) is 0.542. The van der Waals surface area contributed by atoms with Crippen LogP contribution in [-0.2, 0) is 9.53 Å². The van der Waals surface area contributed by atoms with E-state index >= 15 is 0 Å². The molecule has 2 aliphatic rings. The molecule has 0 aromatic heterocycles. The number of aliphatic carboxylic acids is 1. The Kier molecular flexibility index (Phi) is 7.46. The Bertz CT molecular complexity index is 681. The van der Waals surface area contributed by atoms with Crippen LogP contribution < -0.4 is 0 Å². The first-order chi connectivity index (χ1) is 13.6. The molecule has 1 aromatic carbocycles. The molecule has 2 heterocycles. The number of hydrogen-bond donors (Lipinski definition) is 2. The summed E-state index contributed by atoms with van der Waals surface area (Å²) in [6.07, 6.45) is 13.1. The van der Waals surface area contributed by atoms with Crippen molar-refractivity contribution in [2.75, 3.05) is 0 Å². The minimum Gasteiger partial charge on any atom is -0.478 e. The van der Waals surface area contributed by atoms with Crippen LogP contribution in [0.5, 0.6) is 0 Å². The Labute approximate surface area is 167 Å². The molecule has 6 atom stereocenters. The van der Waals surface area contributed by atoms with Crippen molar-refractivity contribution in [2.45, 2.75) is 69.7 Å². The lowest BCUT2D eigenvalue weighted by molar-refractivity contribution is -0.131. The number of benzene rings is 1.